The molecule has 5 unspecified atom stereocenters. The molecule has 0 spiro atoms. The van der Waals surface area contributed by atoms with E-state index in [0.717, 1.165) is 16.8 Å². The molecule has 0 radical (unpaired) electrons. The molecule has 5 rings (SSSR count). The Balaban J connectivity index is 1.44. The number of carbonyl (C=O) groups is 1. The average molecular weight is 467 g/mol. The third-order valence-electron chi connectivity index (χ3n) is 7.44. The fraction of sp³-hybridized carbons (Fsp3) is 0.423. The number of nitrogens with zero attached hydrogens (tertiary/aromatic N) is 2. The van der Waals surface area contributed by atoms with Gasteiger partial charge in [0.15, 0.2) is 0 Å². The van der Waals surface area contributed by atoms with Crippen molar-refractivity contribution in [1.82, 2.24) is 4.90 Å². The Bertz CT molecular complexity index is 1170. The van der Waals surface area contributed by atoms with Crippen LogP contribution < -0.4 is 4.31 Å². The SMILES string of the molecule is COC(=O)C1=C(/C=C/CN2Sc3cccc4ccc(CO)c2c34)C(C)C2C(C(C)O)C(C)N12. The maximum Gasteiger partial charge on any atom is 0.354 e. The summed E-state index contributed by atoms with van der Waals surface area (Å²) in [5.74, 6) is -0.0832. The van der Waals surface area contributed by atoms with Crippen molar-refractivity contribution in [2.45, 2.75) is 50.5 Å². The molecule has 174 valence electrons. The Hall–Kier alpha value is -2.48. The number of aliphatic hydroxyl groups excluding tert-OH is 2. The van der Waals surface area contributed by atoms with E-state index in [9.17, 15) is 15.0 Å². The van der Waals surface area contributed by atoms with Crippen molar-refractivity contribution < 1.29 is 19.7 Å². The molecule has 0 aromatic heterocycles. The first-order valence-electron chi connectivity index (χ1n) is 11.5. The fourth-order valence-electron chi connectivity index (χ4n) is 5.97. The van der Waals surface area contributed by atoms with Crippen molar-refractivity contribution in [2.24, 2.45) is 11.8 Å². The number of benzene rings is 2. The minimum Gasteiger partial charge on any atom is -0.464 e. The van der Waals surface area contributed by atoms with Crippen LogP contribution >= 0.6 is 11.9 Å². The first kappa shape index (κ1) is 22.3. The van der Waals surface area contributed by atoms with Crippen LogP contribution in [0.4, 0.5) is 5.69 Å². The number of carbonyl (C=O) groups excluding carboxylic acids is 1. The molecule has 0 bridgehead atoms. The van der Waals surface area contributed by atoms with Crippen molar-refractivity contribution >= 4 is 34.4 Å². The number of rotatable bonds is 6. The molecule has 33 heavy (non-hydrogen) atoms. The lowest BCUT2D eigenvalue weighted by atomic mass is 9.73. The van der Waals surface area contributed by atoms with Gasteiger partial charge in [-0.05, 0) is 42.8 Å². The van der Waals surface area contributed by atoms with Crippen molar-refractivity contribution in [3.05, 3.63) is 59.3 Å². The molecule has 3 heterocycles. The monoisotopic (exact) mass is 466 g/mol. The van der Waals surface area contributed by atoms with Crippen molar-refractivity contribution in [2.75, 3.05) is 18.0 Å². The minimum absolute atomic E-state index is 0.00960. The molecule has 0 saturated carbocycles. The Kier molecular flexibility index (Phi) is 5.67. The van der Waals surface area contributed by atoms with Gasteiger partial charge in [-0.3, -0.25) is 0 Å². The number of fused-ring (bicyclic) bond motifs is 1. The van der Waals surface area contributed by atoms with Gasteiger partial charge >= 0.3 is 5.97 Å². The average Bonchev–Trinajstić information content (AvgIpc) is 3.28. The molecule has 1 fully saturated rings. The van der Waals surface area contributed by atoms with E-state index in [1.54, 1.807) is 11.9 Å². The highest BCUT2D eigenvalue weighted by Crippen LogP contribution is 2.51. The molecular formula is C26H30N2O4S. The van der Waals surface area contributed by atoms with E-state index in [-0.39, 0.29) is 36.5 Å². The summed E-state index contributed by atoms with van der Waals surface area (Å²) in [5.41, 5.74) is 3.55. The number of hydrogen-bond donors (Lipinski definition) is 2. The van der Waals surface area contributed by atoms with Crippen molar-refractivity contribution in [3.8, 4) is 0 Å². The second-order valence-electron chi connectivity index (χ2n) is 9.18. The van der Waals surface area contributed by atoms with Crippen LogP contribution in [0.2, 0.25) is 0 Å². The van der Waals surface area contributed by atoms with E-state index >= 15 is 0 Å². The number of methoxy groups -OCH3 is 1. The predicted molar refractivity (Wildman–Crippen MR) is 131 cm³/mol. The zero-order valence-electron chi connectivity index (χ0n) is 19.4. The highest BCUT2D eigenvalue weighted by atomic mass is 32.2. The predicted octanol–water partition coefficient (Wildman–Crippen LogP) is 3.86. The van der Waals surface area contributed by atoms with Crippen LogP contribution in [0, 0.1) is 11.8 Å². The van der Waals surface area contributed by atoms with Gasteiger partial charge in [0.2, 0.25) is 0 Å². The second-order valence-corrected chi connectivity index (χ2v) is 10.2. The van der Waals surface area contributed by atoms with Crippen LogP contribution in [0.15, 0.2) is 58.6 Å². The molecular weight excluding hydrogens is 436 g/mol. The summed E-state index contributed by atoms with van der Waals surface area (Å²) in [5, 5.41) is 22.6. The maximum absolute atomic E-state index is 12.7. The van der Waals surface area contributed by atoms with Crippen LogP contribution in [0.1, 0.15) is 26.3 Å². The quantitative estimate of drug-likeness (QED) is 0.495. The number of anilines is 1. The Morgan fingerprint density at radius 2 is 2.06 bits per heavy atom. The molecule has 0 aliphatic carbocycles. The van der Waals surface area contributed by atoms with E-state index in [1.165, 1.54) is 22.8 Å². The van der Waals surface area contributed by atoms with Crippen LogP contribution in [0.3, 0.4) is 0 Å². The zero-order valence-corrected chi connectivity index (χ0v) is 20.2. The summed E-state index contributed by atoms with van der Waals surface area (Å²) >= 11 is 1.68. The summed E-state index contributed by atoms with van der Waals surface area (Å²) in [4.78, 5) is 16.0. The lowest BCUT2D eigenvalue weighted by Gasteiger charge is -2.55. The van der Waals surface area contributed by atoms with Gasteiger partial charge in [0.1, 0.15) is 5.70 Å². The number of hydrogen-bond acceptors (Lipinski definition) is 7. The zero-order chi connectivity index (χ0) is 23.4. The van der Waals surface area contributed by atoms with Gasteiger partial charge in [0.05, 0.1) is 25.5 Å². The number of esters is 1. The smallest absolute Gasteiger partial charge is 0.354 e. The molecule has 2 N–H and O–H groups in total. The van der Waals surface area contributed by atoms with Gasteiger partial charge in [0.25, 0.3) is 0 Å². The Labute approximate surface area is 198 Å². The topological polar surface area (TPSA) is 73.2 Å². The molecule has 7 heteroatoms. The van der Waals surface area contributed by atoms with Gasteiger partial charge in [-0.1, -0.05) is 43.3 Å². The largest absolute Gasteiger partial charge is 0.464 e. The standard InChI is InChI=1S/C26H30N2O4S/c1-14-19(25(26(31)32-4)28-15(2)21(16(3)30)23(14)28)8-6-12-27-24-18(13-29)11-10-17-7-5-9-20(33-27)22(17)24/h5-11,14-16,21,23,29-30H,12-13H2,1-4H3/b8-6+. The number of allylic oxidation sites excluding steroid dienone is 1. The Morgan fingerprint density at radius 1 is 1.27 bits per heavy atom. The van der Waals surface area contributed by atoms with E-state index < -0.39 is 6.10 Å². The van der Waals surface area contributed by atoms with E-state index in [2.05, 4.69) is 53.4 Å². The first-order chi connectivity index (χ1) is 15.9. The van der Waals surface area contributed by atoms with Crippen molar-refractivity contribution in [3.63, 3.8) is 0 Å². The third-order valence-corrected chi connectivity index (χ3v) is 8.53. The lowest BCUT2D eigenvalue weighted by molar-refractivity contribution is -0.143. The molecule has 3 aliphatic rings. The summed E-state index contributed by atoms with van der Waals surface area (Å²) < 4.78 is 7.33. The van der Waals surface area contributed by atoms with Crippen LogP contribution in [0.25, 0.3) is 10.8 Å². The maximum atomic E-state index is 12.7. The van der Waals surface area contributed by atoms with Gasteiger partial charge in [-0.2, -0.15) is 0 Å². The van der Waals surface area contributed by atoms with E-state index in [1.807, 2.05) is 19.1 Å². The summed E-state index contributed by atoms with van der Waals surface area (Å²) in [6, 6.07) is 10.5. The van der Waals surface area contributed by atoms with Crippen LogP contribution in [-0.2, 0) is 16.1 Å². The fourth-order valence-corrected chi connectivity index (χ4v) is 7.11. The highest BCUT2D eigenvalue weighted by Gasteiger charge is 2.57. The van der Waals surface area contributed by atoms with E-state index in [0.29, 0.717) is 12.2 Å². The van der Waals surface area contributed by atoms with Gasteiger partial charge in [0, 0.05) is 46.3 Å². The van der Waals surface area contributed by atoms with Crippen LogP contribution in [-0.4, -0.2) is 52.9 Å². The molecule has 5 atom stereocenters. The van der Waals surface area contributed by atoms with Gasteiger partial charge in [-0.15, -0.1) is 0 Å². The normalized spacial score (nSPS) is 26.8. The van der Waals surface area contributed by atoms with Crippen molar-refractivity contribution in [1.29, 1.82) is 0 Å². The number of aliphatic hydroxyl groups is 2. The van der Waals surface area contributed by atoms with E-state index in [4.69, 9.17) is 4.74 Å². The summed E-state index contributed by atoms with van der Waals surface area (Å²) in [7, 11) is 1.42. The first-order valence-corrected chi connectivity index (χ1v) is 12.2. The summed E-state index contributed by atoms with van der Waals surface area (Å²) in [6.45, 7) is 6.64. The van der Waals surface area contributed by atoms with Gasteiger partial charge < -0.3 is 24.2 Å². The molecule has 6 nitrogen and oxygen atoms in total. The second kappa shape index (κ2) is 8.38. The molecule has 2 aromatic rings. The molecule has 2 aromatic carbocycles. The third kappa shape index (κ3) is 3.28. The summed E-state index contributed by atoms with van der Waals surface area (Å²) in [6.07, 6.45) is 3.70. The number of ether oxygens (including phenoxy) is 1. The Morgan fingerprint density at radius 3 is 2.76 bits per heavy atom. The molecule has 3 aliphatic heterocycles. The molecule has 1 saturated heterocycles. The van der Waals surface area contributed by atoms with Crippen LogP contribution in [0.5, 0.6) is 0 Å². The van der Waals surface area contributed by atoms with Gasteiger partial charge in [-0.25, -0.2) is 4.79 Å². The minimum atomic E-state index is -0.428. The molecule has 0 amide bonds. The highest BCUT2D eigenvalue weighted by molar-refractivity contribution is 8.01. The lowest BCUT2D eigenvalue weighted by Crippen LogP contribution is -2.65.